The Hall–Kier alpha value is -0.693. The normalized spacial score (nSPS) is 17.8. The minimum atomic E-state index is -3.68. The van der Waals surface area contributed by atoms with Crippen molar-refractivity contribution >= 4 is 18.4 Å². The molecule has 1 aromatic rings. The second-order valence-electron chi connectivity index (χ2n) is 9.24. The van der Waals surface area contributed by atoms with E-state index in [9.17, 15) is 8.42 Å². The zero-order valence-electron chi connectivity index (χ0n) is 17.1. The lowest BCUT2D eigenvalue weighted by Crippen LogP contribution is -2.46. The molecule has 1 aliphatic rings. The van der Waals surface area contributed by atoms with Crippen LogP contribution in [0.4, 0.5) is 0 Å². The van der Waals surface area contributed by atoms with Gasteiger partial charge >= 0.3 is 0 Å². The molecule has 0 bridgehead atoms. The summed E-state index contributed by atoms with van der Waals surface area (Å²) in [5.41, 5.74) is 1.11. The molecular weight excluding hydrogens is 364 g/mol. The maximum atomic E-state index is 12.3. The Labute approximate surface area is 160 Å². The Kier molecular flexibility index (Phi) is 6.43. The Morgan fingerprint density at radius 2 is 1.69 bits per heavy atom. The van der Waals surface area contributed by atoms with Gasteiger partial charge in [-0.1, -0.05) is 44.9 Å². The van der Waals surface area contributed by atoms with Crippen LogP contribution < -0.4 is 0 Å². The molecule has 1 aromatic carbocycles. The second kappa shape index (κ2) is 7.74. The summed E-state index contributed by atoms with van der Waals surface area (Å²) in [6, 6.07) is 6.78. The van der Waals surface area contributed by atoms with Crippen molar-refractivity contribution in [3.63, 3.8) is 0 Å². The van der Waals surface area contributed by atoms with Crippen molar-refractivity contribution in [3.05, 3.63) is 29.8 Å². The molecule has 2 rings (SSSR count). The molecule has 0 atom stereocenters. The van der Waals surface area contributed by atoms with Gasteiger partial charge in [0.25, 0.3) is 10.1 Å². The predicted molar refractivity (Wildman–Crippen MR) is 108 cm³/mol. The molecule has 148 valence electrons. The SMILES string of the molecule is Cc1ccc(S(=O)(=O)OCCC2(CO[Si](C)(C)C(C)(C)C)CCC2)cc1. The van der Waals surface area contributed by atoms with Gasteiger partial charge in [-0.05, 0) is 61.9 Å². The van der Waals surface area contributed by atoms with Crippen LogP contribution in [-0.4, -0.2) is 29.9 Å². The Morgan fingerprint density at radius 1 is 1.12 bits per heavy atom. The molecule has 6 heteroatoms. The van der Waals surface area contributed by atoms with Gasteiger partial charge in [0.15, 0.2) is 8.32 Å². The molecule has 0 aromatic heterocycles. The minimum absolute atomic E-state index is 0.0817. The first-order valence-electron chi connectivity index (χ1n) is 9.47. The molecule has 0 spiro atoms. The molecule has 1 aliphatic carbocycles. The largest absolute Gasteiger partial charge is 0.416 e. The van der Waals surface area contributed by atoms with Crippen LogP contribution in [0, 0.1) is 12.3 Å². The molecular formula is C20H34O4SSi. The fraction of sp³-hybridized carbons (Fsp3) is 0.700. The van der Waals surface area contributed by atoms with Crippen molar-refractivity contribution in [2.45, 2.75) is 76.4 Å². The first kappa shape index (κ1) is 21.6. The third kappa shape index (κ3) is 5.18. The Morgan fingerprint density at radius 3 is 2.15 bits per heavy atom. The average Bonchev–Trinajstić information content (AvgIpc) is 2.48. The average molecular weight is 399 g/mol. The lowest BCUT2D eigenvalue weighted by Gasteiger charge is -2.46. The first-order chi connectivity index (χ1) is 11.9. The van der Waals surface area contributed by atoms with Crippen LogP contribution in [0.5, 0.6) is 0 Å². The highest BCUT2D eigenvalue weighted by molar-refractivity contribution is 7.86. The molecule has 1 fully saturated rings. The van der Waals surface area contributed by atoms with Crippen LogP contribution in [-0.2, 0) is 18.7 Å². The summed E-state index contributed by atoms with van der Waals surface area (Å²) in [5.74, 6) is 0. The molecule has 4 nitrogen and oxygen atoms in total. The molecule has 0 saturated heterocycles. The van der Waals surface area contributed by atoms with E-state index in [4.69, 9.17) is 8.61 Å². The van der Waals surface area contributed by atoms with Gasteiger partial charge in [-0.15, -0.1) is 0 Å². The van der Waals surface area contributed by atoms with Gasteiger partial charge in [0, 0.05) is 6.61 Å². The summed E-state index contributed by atoms with van der Waals surface area (Å²) >= 11 is 0. The van der Waals surface area contributed by atoms with Crippen molar-refractivity contribution in [1.29, 1.82) is 0 Å². The first-order valence-corrected chi connectivity index (χ1v) is 13.8. The number of hydrogen-bond donors (Lipinski definition) is 0. The van der Waals surface area contributed by atoms with Crippen molar-refractivity contribution in [2.75, 3.05) is 13.2 Å². The van der Waals surface area contributed by atoms with E-state index >= 15 is 0 Å². The van der Waals surface area contributed by atoms with Gasteiger partial charge in [0.05, 0.1) is 11.5 Å². The van der Waals surface area contributed by atoms with Crippen LogP contribution in [0.1, 0.15) is 52.0 Å². The third-order valence-electron chi connectivity index (χ3n) is 6.14. The van der Waals surface area contributed by atoms with Crippen molar-refractivity contribution in [3.8, 4) is 0 Å². The monoisotopic (exact) mass is 398 g/mol. The lowest BCUT2D eigenvalue weighted by atomic mass is 9.67. The fourth-order valence-corrected chi connectivity index (χ4v) is 4.84. The Bertz CT molecular complexity index is 698. The van der Waals surface area contributed by atoms with Gasteiger partial charge in [0.2, 0.25) is 0 Å². The summed E-state index contributed by atoms with van der Waals surface area (Å²) in [5, 5.41) is 0.184. The lowest BCUT2D eigenvalue weighted by molar-refractivity contribution is 0.0295. The van der Waals surface area contributed by atoms with Gasteiger partial charge in [-0.3, -0.25) is 4.18 Å². The van der Waals surface area contributed by atoms with Gasteiger partial charge in [0.1, 0.15) is 0 Å². The van der Waals surface area contributed by atoms with Gasteiger partial charge in [-0.25, -0.2) is 0 Å². The summed E-state index contributed by atoms with van der Waals surface area (Å²) < 4.78 is 36.4. The van der Waals surface area contributed by atoms with Crippen LogP contribution in [0.2, 0.25) is 18.1 Å². The molecule has 0 heterocycles. The molecule has 0 amide bonds. The smallest absolute Gasteiger partial charge is 0.296 e. The van der Waals surface area contributed by atoms with Gasteiger partial charge < -0.3 is 4.43 Å². The van der Waals surface area contributed by atoms with Crippen LogP contribution in [0.3, 0.4) is 0 Å². The van der Waals surface area contributed by atoms with E-state index in [1.54, 1.807) is 24.3 Å². The van der Waals surface area contributed by atoms with E-state index in [1.807, 2.05) is 6.92 Å². The summed E-state index contributed by atoms with van der Waals surface area (Å²) in [6.45, 7) is 14.1. The van der Waals surface area contributed by atoms with Crippen molar-refractivity contribution < 1.29 is 17.0 Å². The second-order valence-corrected chi connectivity index (χ2v) is 15.7. The maximum Gasteiger partial charge on any atom is 0.296 e. The molecule has 26 heavy (non-hydrogen) atoms. The van der Waals surface area contributed by atoms with Crippen molar-refractivity contribution in [2.24, 2.45) is 5.41 Å². The number of benzene rings is 1. The molecule has 1 saturated carbocycles. The maximum absolute atomic E-state index is 12.3. The number of rotatable bonds is 8. The predicted octanol–water partition coefficient (Wildman–Crippen LogP) is 5.28. The third-order valence-corrected chi connectivity index (χ3v) is 11.9. The zero-order valence-corrected chi connectivity index (χ0v) is 18.9. The van der Waals surface area contributed by atoms with Gasteiger partial charge in [-0.2, -0.15) is 8.42 Å². The topological polar surface area (TPSA) is 52.6 Å². The summed E-state index contributed by atoms with van der Waals surface area (Å²) in [6.07, 6.45) is 4.10. The van der Waals surface area contributed by atoms with E-state index in [-0.39, 0.29) is 22.0 Å². The summed E-state index contributed by atoms with van der Waals surface area (Å²) in [7, 11) is -5.47. The van der Waals surface area contributed by atoms with E-state index in [1.165, 1.54) is 6.42 Å². The summed E-state index contributed by atoms with van der Waals surface area (Å²) in [4.78, 5) is 0.225. The number of aryl methyl sites for hydroxylation is 1. The minimum Gasteiger partial charge on any atom is -0.416 e. The fourth-order valence-electron chi connectivity index (χ4n) is 2.83. The highest BCUT2D eigenvalue weighted by atomic mass is 32.2. The van der Waals surface area contributed by atoms with E-state index < -0.39 is 18.4 Å². The van der Waals surface area contributed by atoms with Crippen LogP contribution in [0.25, 0.3) is 0 Å². The quantitative estimate of drug-likeness (QED) is 0.441. The van der Waals surface area contributed by atoms with Crippen molar-refractivity contribution in [1.82, 2.24) is 0 Å². The molecule has 0 radical (unpaired) electrons. The Balaban J connectivity index is 1.91. The zero-order chi connectivity index (χ0) is 19.6. The van der Waals surface area contributed by atoms with E-state index in [2.05, 4.69) is 33.9 Å². The highest BCUT2D eigenvalue weighted by Gasteiger charge is 2.42. The highest BCUT2D eigenvalue weighted by Crippen LogP contribution is 2.46. The molecule has 0 N–H and O–H groups in total. The molecule has 0 unspecified atom stereocenters. The standard InChI is InChI=1S/C20H34O4SSi/c1-17-8-10-18(11-9-17)25(21,22)23-15-14-20(12-7-13-20)16-24-26(5,6)19(2,3)4/h8-11H,7,12-16H2,1-6H3. The van der Waals surface area contributed by atoms with Crippen LogP contribution >= 0.6 is 0 Å². The van der Waals surface area contributed by atoms with E-state index in [0.717, 1.165) is 31.4 Å². The van der Waals surface area contributed by atoms with E-state index in [0.29, 0.717) is 0 Å². The van der Waals surface area contributed by atoms with Crippen LogP contribution in [0.15, 0.2) is 29.2 Å². The molecule has 0 aliphatic heterocycles. The number of hydrogen-bond acceptors (Lipinski definition) is 4.